The lowest BCUT2D eigenvalue weighted by Gasteiger charge is -2.09. The lowest BCUT2D eigenvalue weighted by Crippen LogP contribution is -2.35. The molecule has 0 radical (unpaired) electrons. The molecule has 1 fully saturated rings. The van der Waals surface area contributed by atoms with Gasteiger partial charge in [0.2, 0.25) is 15.9 Å². The Morgan fingerprint density at radius 3 is 2.82 bits per heavy atom. The topological polar surface area (TPSA) is 75.3 Å². The van der Waals surface area contributed by atoms with Crippen LogP contribution < -0.4 is 10.0 Å². The minimum Gasteiger partial charge on any atom is -0.354 e. The zero-order valence-corrected chi connectivity index (χ0v) is 11.0. The number of thiophene rings is 1. The number of amides is 1. The van der Waals surface area contributed by atoms with E-state index in [9.17, 15) is 13.2 Å². The van der Waals surface area contributed by atoms with Crippen LogP contribution in [0.2, 0.25) is 0 Å². The summed E-state index contributed by atoms with van der Waals surface area (Å²) in [7, 11) is -3.48. The number of hydrogen-bond donors (Lipinski definition) is 2. The van der Waals surface area contributed by atoms with Crippen molar-refractivity contribution in [2.45, 2.75) is 30.0 Å². The molecule has 1 aromatic heterocycles. The number of rotatable bonds is 4. The Balaban J connectivity index is 2.10. The summed E-state index contributed by atoms with van der Waals surface area (Å²) in [5.74, 6) is -0.113. The van der Waals surface area contributed by atoms with Crippen LogP contribution in [0.5, 0.6) is 0 Å². The summed E-state index contributed by atoms with van der Waals surface area (Å²) in [4.78, 5) is 12.0. The van der Waals surface area contributed by atoms with Gasteiger partial charge >= 0.3 is 0 Å². The van der Waals surface area contributed by atoms with Crippen molar-refractivity contribution in [2.24, 2.45) is 0 Å². The molecule has 2 rings (SSSR count). The van der Waals surface area contributed by atoms with Gasteiger partial charge in [0.1, 0.15) is 4.21 Å². The molecule has 0 bridgehead atoms. The van der Waals surface area contributed by atoms with Gasteiger partial charge in [0, 0.05) is 23.9 Å². The van der Waals surface area contributed by atoms with Gasteiger partial charge in [-0.3, -0.25) is 4.79 Å². The largest absolute Gasteiger partial charge is 0.354 e. The SMILES string of the molecule is CCc1ccc(S(=O)(=O)N[C@@H]2CNC(=O)C2)s1. The number of aryl methyl sites for hydroxylation is 1. The highest BCUT2D eigenvalue weighted by Crippen LogP contribution is 2.22. The lowest BCUT2D eigenvalue weighted by molar-refractivity contribution is -0.119. The molecule has 0 aromatic carbocycles. The highest BCUT2D eigenvalue weighted by molar-refractivity contribution is 7.91. The third kappa shape index (κ3) is 2.85. The fraction of sp³-hybridized carbons (Fsp3) is 0.500. The summed E-state index contributed by atoms with van der Waals surface area (Å²) in [5.41, 5.74) is 0. The molecule has 0 spiro atoms. The molecule has 1 aliphatic rings. The van der Waals surface area contributed by atoms with E-state index < -0.39 is 10.0 Å². The average molecular weight is 274 g/mol. The second-order valence-electron chi connectivity index (χ2n) is 3.90. The third-order valence-corrected chi connectivity index (χ3v) is 5.79. The van der Waals surface area contributed by atoms with Crippen LogP contribution in [-0.4, -0.2) is 26.9 Å². The van der Waals surface area contributed by atoms with E-state index in [2.05, 4.69) is 10.0 Å². The third-order valence-electron chi connectivity index (χ3n) is 2.55. The van der Waals surface area contributed by atoms with Crippen LogP contribution in [0, 0.1) is 0 Å². The minimum absolute atomic E-state index is 0.113. The van der Waals surface area contributed by atoms with Crippen molar-refractivity contribution in [1.82, 2.24) is 10.0 Å². The number of hydrogen-bond acceptors (Lipinski definition) is 4. The Labute approximate surface area is 104 Å². The maximum absolute atomic E-state index is 12.0. The van der Waals surface area contributed by atoms with Crippen molar-refractivity contribution in [1.29, 1.82) is 0 Å². The Hall–Kier alpha value is -0.920. The van der Waals surface area contributed by atoms with Crippen molar-refractivity contribution in [3.8, 4) is 0 Å². The van der Waals surface area contributed by atoms with Gasteiger partial charge in [0.05, 0.1) is 0 Å². The quantitative estimate of drug-likeness (QED) is 0.838. The minimum atomic E-state index is -3.48. The highest BCUT2D eigenvalue weighted by Gasteiger charge is 2.27. The van der Waals surface area contributed by atoms with Crippen molar-refractivity contribution < 1.29 is 13.2 Å². The Morgan fingerprint density at radius 2 is 2.29 bits per heavy atom. The van der Waals surface area contributed by atoms with E-state index in [4.69, 9.17) is 0 Å². The first-order chi connectivity index (χ1) is 8.01. The number of carbonyl (C=O) groups excluding carboxylic acids is 1. The van der Waals surface area contributed by atoms with Gasteiger partial charge < -0.3 is 5.32 Å². The summed E-state index contributed by atoms with van der Waals surface area (Å²) in [6.07, 6.45) is 1.04. The van der Waals surface area contributed by atoms with Crippen LogP contribution >= 0.6 is 11.3 Å². The molecule has 94 valence electrons. The maximum Gasteiger partial charge on any atom is 0.250 e. The van der Waals surface area contributed by atoms with Crippen LogP contribution in [0.15, 0.2) is 16.3 Å². The lowest BCUT2D eigenvalue weighted by atomic mass is 10.3. The molecule has 2 heterocycles. The predicted molar refractivity (Wildman–Crippen MR) is 65.4 cm³/mol. The van der Waals surface area contributed by atoms with E-state index in [1.807, 2.05) is 13.0 Å². The zero-order chi connectivity index (χ0) is 12.5. The number of carbonyl (C=O) groups is 1. The van der Waals surface area contributed by atoms with E-state index in [0.717, 1.165) is 11.3 Å². The van der Waals surface area contributed by atoms with Crippen molar-refractivity contribution in [3.05, 3.63) is 17.0 Å². The van der Waals surface area contributed by atoms with Gasteiger partial charge in [-0.15, -0.1) is 11.3 Å². The van der Waals surface area contributed by atoms with Crippen LogP contribution in [-0.2, 0) is 21.2 Å². The van der Waals surface area contributed by atoms with E-state index >= 15 is 0 Å². The van der Waals surface area contributed by atoms with Gasteiger partial charge in [-0.2, -0.15) is 0 Å². The van der Waals surface area contributed by atoms with Gasteiger partial charge in [-0.05, 0) is 18.6 Å². The zero-order valence-electron chi connectivity index (χ0n) is 9.39. The molecular weight excluding hydrogens is 260 g/mol. The van der Waals surface area contributed by atoms with Gasteiger partial charge in [0.25, 0.3) is 0 Å². The van der Waals surface area contributed by atoms with Crippen molar-refractivity contribution >= 4 is 27.3 Å². The van der Waals surface area contributed by atoms with E-state index in [-0.39, 0.29) is 18.4 Å². The molecule has 2 N–H and O–H groups in total. The van der Waals surface area contributed by atoms with Gasteiger partial charge in [-0.1, -0.05) is 6.92 Å². The molecule has 0 unspecified atom stereocenters. The second kappa shape index (κ2) is 4.75. The smallest absolute Gasteiger partial charge is 0.250 e. The van der Waals surface area contributed by atoms with Crippen LogP contribution in [0.4, 0.5) is 0 Å². The normalized spacial score (nSPS) is 20.5. The van der Waals surface area contributed by atoms with Crippen molar-refractivity contribution in [3.63, 3.8) is 0 Å². The first-order valence-electron chi connectivity index (χ1n) is 5.39. The Kier molecular flexibility index (Phi) is 3.50. The van der Waals surface area contributed by atoms with Crippen LogP contribution in [0.25, 0.3) is 0 Å². The molecule has 5 nitrogen and oxygen atoms in total. The highest BCUT2D eigenvalue weighted by atomic mass is 32.2. The summed E-state index contributed by atoms with van der Waals surface area (Å²) < 4.78 is 26.8. The summed E-state index contributed by atoms with van der Waals surface area (Å²) in [6.45, 7) is 2.35. The molecule has 7 heteroatoms. The fourth-order valence-corrected chi connectivity index (χ4v) is 4.21. The monoisotopic (exact) mass is 274 g/mol. The molecule has 1 atom stereocenters. The standard InChI is InChI=1S/C10H14N2O3S2/c1-2-8-3-4-10(16-8)17(14,15)12-7-5-9(13)11-6-7/h3-4,7,12H,2,5-6H2,1H3,(H,11,13)/t7-/m0/s1. The van der Waals surface area contributed by atoms with Crippen molar-refractivity contribution in [2.75, 3.05) is 6.54 Å². The molecular formula is C10H14N2O3S2. The Bertz CT molecular complexity index is 521. The fourth-order valence-electron chi connectivity index (χ4n) is 1.66. The molecule has 17 heavy (non-hydrogen) atoms. The average Bonchev–Trinajstić information content (AvgIpc) is 2.86. The van der Waals surface area contributed by atoms with E-state index in [0.29, 0.717) is 10.8 Å². The molecule has 0 saturated carbocycles. The molecule has 0 aliphatic carbocycles. The predicted octanol–water partition coefficient (Wildman–Crippen LogP) is 0.477. The first-order valence-corrected chi connectivity index (χ1v) is 7.69. The summed E-state index contributed by atoms with van der Waals surface area (Å²) in [6, 6.07) is 3.09. The molecule has 1 amide bonds. The van der Waals surface area contributed by atoms with Gasteiger partial charge in [-0.25, -0.2) is 13.1 Å². The number of sulfonamides is 1. The summed E-state index contributed by atoms with van der Waals surface area (Å²) >= 11 is 1.27. The number of nitrogens with one attached hydrogen (secondary N) is 2. The van der Waals surface area contributed by atoms with Crippen LogP contribution in [0.1, 0.15) is 18.2 Å². The van der Waals surface area contributed by atoms with E-state index in [1.54, 1.807) is 6.07 Å². The molecule has 1 saturated heterocycles. The molecule has 1 aliphatic heterocycles. The van der Waals surface area contributed by atoms with Gasteiger partial charge in [0.15, 0.2) is 0 Å². The second-order valence-corrected chi connectivity index (χ2v) is 7.01. The first kappa shape index (κ1) is 12.5. The Morgan fingerprint density at radius 1 is 1.53 bits per heavy atom. The summed E-state index contributed by atoms with van der Waals surface area (Å²) in [5, 5.41) is 2.60. The maximum atomic E-state index is 12.0. The van der Waals surface area contributed by atoms with E-state index in [1.165, 1.54) is 11.3 Å². The van der Waals surface area contributed by atoms with Crippen LogP contribution in [0.3, 0.4) is 0 Å². The molecule has 1 aromatic rings.